The van der Waals surface area contributed by atoms with Crippen molar-refractivity contribution in [1.29, 1.82) is 5.26 Å². The first-order chi connectivity index (χ1) is 14.0. The zero-order valence-corrected chi connectivity index (χ0v) is 16.6. The van der Waals surface area contributed by atoms with E-state index in [9.17, 15) is 19.6 Å². The lowest BCUT2D eigenvalue weighted by Gasteiger charge is -2.38. The first-order valence-electron chi connectivity index (χ1n) is 9.29. The average Bonchev–Trinajstić information content (AvgIpc) is 3.08. The van der Waals surface area contributed by atoms with Gasteiger partial charge in [0.2, 0.25) is 5.91 Å². The molecule has 0 saturated carbocycles. The molecule has 4 rings (SSSR count). The van der Waals surface area contributed by atoms with Crippen molar-refractivity contribution in [3.05, 3.63) is 76.1 Å². The number of rotatable bonds is 4. The number of amides is 1. The number of hydrogen-bond acceptors (Lipinski definition) is 5. The van der Waals surface area contributed by atoms with Crippen LogP contribution in [0.1, 0.15) is 30.4 Å². The van der Waals surface area contributed by atoms with E-state index in [0.29, 0.717) is 34.1 Å². The number of ether oxygens (including phenoxy) is 1. The van der Waals surface area contributed by atoms with Crippen LogP contribution in [-0.4, -0.2) is 28.3 Å². The van der Waals surface area contributed by atoms with Gasteiger partial charge in [-0.05, 0) is 36.8 Å². The van der Waals surface area contributed by atoms with Gasteiger partial charge in [0.15, 0.2) is 5.72 Å². The van der Waals surface area contributed by atoms with Crippen LogP contribution in [0.3, 0.4) is 0 Å². The highest BCUT2D eigenvalue weighted by molar-refractivity contribution is 8.03. The van der Waals surface area contributed by atoms with E-state index in [4.69, 9.17) is 4.74 Å². The van der Waals surface area contributed by atoms with Crippen LogP contribution in [0.5, 0.6) is 5.75 Å². The number of allylic oxidation sites excluding steroid dienone is 1. The van der Waals surface area contributed by atoms with Crippen LogP contribution in [-0.2, 0) is 10.5 Å². The van der Waals surface area contributed by atoms with E-state index in [2.05, 4.69) is 6.07 Å². The van der Waals surface area contributed by atoms with E-state index >= 15 is 0 Å². The van der Waals surface area contributed by atoms with Crippen LogP contribution >= 0.6 is 11.8 Å². The van der Waals surface area contributed by atoms with Crippen molar-refractivity contribution in [2.45, 2.75) is 25.0 Å². The number of thioether (sulfide) groups is 1. The number of hydrogen-bond donors (Lipinski definition) is 1. The zero-order valence-electron chi connectivity index (χ0n) is 15.8. The van der Waals surface area contributed by atoms with E-state index < -0.39 is 17.5 Å². The molecule has 148 valence electrons. The lowest BCUT2D eigenvalue weighted by atomic mass is 9.85. The maximum absolute atomic E-state index is 13.7. The Balaban J connectivity index is 1.75. The Hall–Kier alpha value is -2.82. The minimum Gasteiger partial charge on any atom is -0.494 e. The maximum Gasteiger partial charge on any atom is 0.231 e. The molecule has 0 aromatic heterocycles. The minimum absolute atomic E-state index is 0.00422. The molecule has 0 spiro atoms. The van der Waals surface area contributed by atoms with Gasteiger partial charge < -0.3 is 9.84 Å². The largest absolute Gasteiger partial charge is 0.494 e. The molecule has 1 N–H and O–H groups in total. The van der Waals surface area contributed by atoms with Gasteiger partial charge >= 0.3 is 0 Å². The van der Waals surface area contributed by atoms with Crippen molar-refractivity contribution in [2.24, 2.45) is 0 Å². The van der Waals surface area contributed by atoms with Gasteiger partial charge in [-0.2, -0.15) is 5.26 Å². The normalized spacial score (nSPS) is 23.7. The van der Waals surface area contributed by atoms with Crippen molar-refractivity contribution in [1.82, 2.24) is 4.90 Å². The highest BCUT2D eigenvalue weighted by Gasteiger charge is 2.51. The van der Waals surface area contributed by atoms with E-state index in [-0.39, 0.29) is 18.1 Å². The van der Waals surface area contributed by atoms with Gasteiger partial charge in [0, 0.05) is 17.9 Å². The number of fused-ring (bicyclic) bond motifs is 1. The highest BCUT2D eigenvalue weighted by atomic mass is 32.2. The third kappa shape index (κ3) is 3.28. The Bertz CT molecular complexity index is 1030. The van der Waals surface area contributed by atoms with Crippen molar-refractivity contribution < 1.29 is 19.0 Å². The van der Waals surface area contributed by atoms with E-state index in [1.54, 1.807) is 36.4 Å². The Morgan fingerprint density at radius 1 is 1.34 bits per heavy atom. The summed E-state index contributed by atoms with van der Waals surface area (Å²) >= 11 is 1.27. The number of carbonyl (C=O) groups is 1. The maximum atomic E-state index is 13.7. The predicted molar refractivity (Wildman–Crippen MR) is 107 cm³/mol. The van der Waals surface area contributed by atoms with Crippen LogP contribution in [0.2, 0.25) is 0 Å². The molecule has 2 aromatic carbocycles. The van der Waals surface area contributed by atoms with E-state index in [0.717, 1.165) is 0 Å². The number of nitrogens with zero attached hydrogens (tertiary/aromatic N) is 2. The second-order valence-electron chi connectivity index (χ2n) is 6.93. The average molecular weight is 410 g/mol. The summed E-state index contributed by atoms with van der Waals surface area (Å²) in [5.74, 6) is -0.345. The molecule has 1 saturated heterocycles. The molecule has 1 amide bonds. The molecule has 2 aliphatic rings. The predicted octanol–water partition coefficient (Wildman–Crippen LogP) is 3.87. The van der Waals surface area contributed by atoms with Crippen molar-refractivity contribution in [3.63, 3.8) is 0 Å². The Morgan fingerprint density at radius 3 is 2.76 bits per heavy atom. The quantitative estimate of drug-likeness (QED) is 0.828. The number of nitriles is 1. The van der Waals surface area contributed by atoms with Crippen molar-refractivity contribution in [2.75, 3.05) is 12.4 Å². The minimum atomic E-state index is -1.54. The fourth-order valence-electron chi connectivity index (χ4n) is 3.83. The van der Waals surface area contributed by atoms with Gasteiger partial charge in [-0.3, -0.25) is 9.69 Å². The standard InChI is InChI=1S/C22H19FN2O3S/c1-2-28-17-8-6-15(7-9-17)22(27)13-29-21-19(12-24)18(11-20(26)25(21)22)14-4-3-5-16(23)10-14/h3-10,18,27H,2,11,13H2,1H3. The summed E-state index contributed by atoms with van der Waals surface area (Å²) in [6.45, 7) is 2.42. The summed E-state index contributed by atoms with van der Waals surface area (Å²) < 4.78 is 19.1. The molecule has 2 aliphatic heterocycles. The van der Waals surface area contributed by atoms with Crippen molar-refractivity contribution >= 4 is 17.7 Å². The first-order valence-corrected chi connectivity index (χ1v) is 10.3. The molecule has 7 heteroatoms. The summed E-state index contributed by atoms with van der Waals surface area (Å²) in [6, 6.07) is 15.1. The van der Waals surface area contributed by atoms with Crippen LogP contribution in [0, 0.1) is 17.1 Å². The van der Waals surface area contributed by atoms with Gasteiger partial charge in [0.25, 0.3) is 0 Å². The molecule has 29 heavy (non-hydrogen) atoms. The zero-order chi connectivity index (χ0) is 20.6. The third-order valence-electron chi connectivity index (χ3n) is 5.19. The van der Waals surface area contributed by atoms with Crippen LogP contribution in [0.25, 0.3) is 0 Å². The molecule has 2 unspecified atom stereocenters. The first kappa shape index (κ1) is 19.5. The topological polar surface area (TPSA) is 73.6 Å². The molecule has 0 bridgehead atoms. The molecule has 1 fully saturated rings. The Labute approximate surface area is 172 Å². The smallest absolute Gasteiger partial charge is 0.231 e. The van der Waals surface area contributed by atoms with Gasteiger partial charge in [-0.15, -0.1) is 11.8 Å². The number of carbonyl (C=O) groups excluding carboxylic acids is 1. The second-order valence-corrected chi connectivity index (χ2v) is 7.90. The molecule has 0 radical (unpaired) electrons. The van der Waals surface area contributed by atoms with Crippen LogP contribution < -0.4 is 4.74 Å². The van der Waals surface area contributed by atoms with E-state index in [1.807, 2.05) is 6.92 Å². The van der Waals surface area contributed by atoms with Crippen LogP contribution in [0.4, 0.5) is 4.39 Å². The number of aliphatic hydroxyl groups is 1. The van der Waals surface area contributed by atoms with Gasteiger partial charge in [-0.1, -0.05) is 24.3 Å². The fraction of sp³-hybridized carbons (Fsp3) is 0.273. The SMILES string of the molecule is CCOc1ccc(C2(O)CSC3=C(C#N)C(c4cccc(F)c4)CC(=O)N32)cc1. The van der Waals surface area contributed by atoms with Crippen LogP contribution in [0.15, 0.2) is 59.1 Å². The van der Waals surface area contributed by atoms with Gasteiger partial charge in [-0.25, -0.2) is 4.39 Å². The summed E-state index contributed by atoms with van der Waals surface area (Å²) in [6.07, 6.45) is -0.00422. The van der Waals surface area contributed by atoms with Gasteiger partial charge in [0.05, 0.1) is 29.0 Å². The Morgan fingerprint density at radius 2 is 2.10 bits per heavy atom. The number of halogens is 1. The molecule has 2 atom stereocenters. The number of benzene rings is 2. The summed E-state index contributed by atoms with van der Waals surface area (Å²) in [7, 11) is 0. The summed E-state index contributed by atoms with van der Waals surface area (Å²) in [5, 5.41) is 21.7. The summed E-state index contributed by atoms with van der Waals surface area (Å²) in [5.41, 5.74) is -0.0314. The molecule has 5 nitrogen and oxygen atoms in total. The third-order valence-corrected chi connectivity index (χ3v) is 6.41. The monoisotopic (exact) mass is 410 g/mol. The lowest BCUT2D eigenvalue weighted by molar-refractivity contribution is -0.149. The van der Waals surface area contributed by atoms with E-state index in [1.165, 1.54) is 28.8 Å². The molecule has 0 aliphatic carbocycles. The molecular formula is C22H19FN2O3S. The summed E-state index contributed by atoms with van der Waals surface area (Å²) in [4.78, 5) is 14.4. The Kier molecular flexibility index (Phi) is 5.07. The highest BCUT2D eigenvalue weighted by Crippen LogP contribution is 2.51. The fourth-order valence-corrected chi connectivity index (χ4v) is 5.19. The molecule has 2 aromatic rings. The molecular weight excluding hydrogens is 391 g/mol. The lowest BCUT2D eigenvalue weighted by Crippen LogP contribution is -2.48. The van der Waals surface area contributed by atoms with Gasteiger partial charge in [0.1, 0.15) is 11.6 Å². The molecule has 2 heterocycles. The van der Waals surface area contributed by atoms with Crippen molar-refractivity contribution in [3.8, 4) is 11.8 Å². The second kappa shape index (κ2) is 7.54.